The standard InChI is InChI=1S/C29H60N2O/c1-4-6-8-10-11-12-13-14-15-16-17-18-20-23-27-31(3)28-24-22-26-30-29(32)25-21-19-9-7-5-2/h4-28H2,1-3H3,(H,30,32). The summed E-state index contributed by atoms with van der Waals surface area (Å²) in [6.45, 7) is 7.75. The number of amides is 1. The number of nitrogens with zero attached hydrogens (tertiary/aromatic N) is 1. The van der Waals surface area contributed by atoms with Gasteiger partial charge < -0.3 is 10.2 Å². The molecule has 0 rings (SSSR count). The smallest absolute Gasteiger partial charge is 0.219 e. The lowest BCUT2D eigenvalue weighted by atomic mass is 10.0. The third-order valence-corrected chi connectivity index (χ3v) is 6.69. The van der Waals surface area contributed by atoms with Gasteiger partial charge in [-0.2, -0.15) is 0 Å². The Morgan fingerprint density at radius 1 is 0.531 bits per heavy atom. The van der Waals surface area contributed by atoms with Crippen LogP contribution >= 0.6 is 0 Å². The van der Waals surface area contributed by atoms with Crippen LogP contribution in [0.5, 0.6) is 0 Å². The van der Waals surface area contributed by atoms with Gasteiger partial charge >= 0.3 is 0 Å². The highest BCUT2D eigenvalue weighted by Crippen LogP contribution is 2.13. The first-order valence-corrected chi connectivity index (χ1v) is 14.7. The molecular weight excluding hydrogens is 392 g/mol. The van der Waals surface area contributed by atoms with Gasteiger partial charge in [0.1, 0.15) is 0 Å². The number of unbranched alkanes of at least 4 members (excludes halogenated alkanes) is 18. The van der Waals surface area contributed by atoms with Crippen LogP contribution in [0.15, 0.2) is 0 Å². The molecule has 0 unspecified atom stereocenters. The van der Waals surface area contributed by atoms with Crippen molar-refractivity contribution in [2.75, 3.05) is 26.7 Å². The molecule has 0 bridgehead atoms. The Kier molecular flexibility index (Phi) is 26.2. The van der Waals surface area contributed by atoms with Crippen molar-refractivity contribution in [2.45, 2.75) is 155 Å². The molecule has 1 amide bonds. The second-order valence-electron chi connectivity index (χ2n) is 10.1. The van der Waals surface area contributed by atoms with Crippen molar-refractivity contribution in [3.8, 4) is 0 Å². The van der Waals surface area contributed by atoms with Crippen LogP contribution in [0, 0.1) is 0 Å². The topological polar surface area (TPSA) is 32.3 Å². The maximum atomic E-state index is 11.8. The second-order valence-corrected chi connectivity index (χ2v) is 10.1. The molecule has 32 heavy (non-hydrogen) atoms. The molecular formula is C29H60N2O. The lowest BCUT2D eigenvalue weighted by molar-refractivity contribution is -0.121. The van der Waals surface area contributed by atoms with E-state index in [4.69, 9.17) is 0 Å². The molecule has 3 heteroatoms. The largest absolute Gasteiger partial charge is 0.356 e. The Balaban J connectivity index is 3.23. The van der Waals surface area contributed by atoms with E-state index < -0.39 is 0 Å². The summed E-state index contributed by atoms with van der Waals surface area (Å²) in [4.78, 5) is 14.3. The molecule has 0 aliphatic carbocycles. The Labute approximate surface area is 202 Å². The number of hydrogen-bond donors (Lipinski definition) is 1. The lowest BCUT2D eigenvalue weighted by Gasteiger charge is -2.16. The number of nitrogens with one attached hydrogen (secondary N) is 1. The van der Waals surface area contributed by atoms with Gasteiger partial charge in [-0.15, -0.1) is 0 Å². The predicted molar refractivity (Wildman–Crippen MR) is 143 cm³/mol. The Morgan fingerprint density at radius 2 is 0.906 bits per heavy atom. The zero-order valence-corrected chi connectivity index (χ0v) is 22.5. The van der Waals surface area contributed by atoms with E-state index in [1.807, 2.05) is 0 Å². The minimum atomic E-state index is 0.247. The highest BCUT2D eigenvalue weighted by Gasteiger charge is 2.02. The minimum Gasteiger partial charge on any atom is -0.356 e. The average molecular weight is 453 g/mol. The average Bonchev–Trinajstić information content (AvgIpc) is 2.79. The number of rotatable bonds is 26. The normalized spacial score (nSPS) is 11.4. The van der Waals surface area contributed by atoms with Gasteiger partial charge in [-0.05, 0) is 45.8 Å². The summed E-state index contributed by atoms with van der Waals surface area (Å²) in [5.41, 5.74) is 0. The van der Waals surface area contributed by atoms with Crippen molar-refractivity contribution in [2.24, 2.45) is 0 Å². The molecule has 0 aliphatic rings. The summed E-state index contributed by atoms with van der Waals surface area (Å²) >= 11 is 0. The van der Waals surface area contributed by atoms with E-state index in [-0.39, 0.29) is 5.91 Å². The number of hydrogen-bond acceptors (Lipinski definition) is 2. The maximum absolute atomic E-state index is 11.8. The quantitative estimate of drug-likeness (QED) is 0.133. The maximum Gasteiger partial charge on any atom is 0.219 e. The molecule has 3 nitrogen and oxygen atoms in total. The summed E-state index contributed by atoms with van der Waals surface area (Å²) in [5.74, 6) is 0.247. The Hall–Kier alpha value is -0.570. The first-order chi connectivity index (χ1) is 15.7. The monoisotopic (exact) mass is 452 g/mol. The molecule has 192 valence electrons. The fourth-order valence-electron chi connectivity index (χ4n) is 4.40. The minimum absolute atomic E-state index is 0.247. The lowest BCUT2D eigenvalue weighted by Crippen LogP contribution is -2.26. The molecule has 1 N–H and O–H groups in total. The van der Waals surface area contributed by atoms with E-state index in [1.54, 1.807) is 0 Å². The van der Waals surface area contributed by atoms with Gasteiger partial charge in [-0.3, -0.25) is 4.79 Å². The van der Waals surface area contributed by atoms with Gasteiger partial charge in [0.2, 0.25) is 5.91 Å². The van der Waals surface area contributed by atoms with Crippen LogP contribution in [-0.2, 0) is 4.79 Å². The SMILES string of the molecule is CCCCCCCCCCCCCCCCN(C)CCCCNC(=O)CCCCCCC. The Morgan fingerprint density at radius 3 is 1.38 bits per heavy atom. The highest BCUT2D eigenvalue weighted by molar-refractivity contribution is 5.75. The van der Waals surface area contributed by atoms with Crippen molar-refractivity contribution >= 4 is 5.91 Å². The summed E-state index contributed by atoms with van der Waals surface area (Å²) in [6.07, 6.45) is 29.1. The van der Waals surface area contributed by atoms with Gasteiger partial charge in [-0.1, -0.05) is 123 Å². The first-order valence-electron chi connectivity index (χ1n) is 14.7. The molecule has 0 atom stereocenters. The predicted octanol–water partition coefficient (Wildman–Crippen LogP) is 8.66. The van der Waals surface area contributed by atoms with E-state index >= 15 is 0 Å². The molecule has 0 fully saturated rings. The van der Waals surface area contributed by atoms with Crippen molar-refractivity contribution in [3.05, 3.63) is 0 Å². The molecule has 0 spiro atoms. The highest BCUT2D eigenvalue weighted by atomic mass is 16.1. The summed E-state index contributed by atoms with van der Waals surface area (Å²) in [7, 11) is 2.25. The Bertz CT molecular complexity index is 372. The van der Waals surface area contributed by atoms with E-state index in [0.29, 0.717) is 6.42 Å². The summed E-state index contributed by atoms with van der Waals surface area (Å²) in [5, 5.41) is 3.09. The molecule has 0 aromatic heterocycles. The first kappa shape index (κ1) is 31.4. The van der Waals surface area contributed by atoms with Gasteiger partial charge in [0.25, 0.3) is 0 Å². The molecule has 0 saturated carbocycles. The molecule has 0 aromatic rings. The van der Waals surface area contributed by atoms with Crippen LogP contribution in [-0.4, -0.2) is 37.5 Å². The van der Waals surface area contributed by atoms with Gasteiger partial charge in [0.05, 0.1) is 0 Å². The summed E-state index contributed by atoms with van der Waals surface area (Å²) in [6, 6.07) is 0. The van der Waals surface area contributed by atoms with E-state index in [0.717, 1.165) is 25.9 Å². The molecule has 0 aliphatic heterocycles. The van der Waals surface area contributed by atoms with Crippen LogP contribution in [0.4, 0.5) is 0 Å². The fraction of sp³-hybridized carbons (Fsp3) is 0.966. The molecule has 0 aromatic carbocycles. The zero-order chi connectivity index (χ0) is 23.5. The summed E-state index contributed by atoms with van der Waals surface area (Å²) < 4.78 is 0. The van der Waals surface area contributed by atoms with E-state index in [1.165, 1.54) is 129 Å². The van der Waals surface area contributed by atoms with Crippen molar-refractivity contribution in [3.63, 3.8) is 0 Å². The van der Waals surface area contributed by atoms with Crippen LogP contribution < -0.4 is 5.32 Å². The zero-order valence-electron chi connectivity index (χ0n) is 22.5. The fourth-order valence-corrected chi connectivity index (χ4v) is 4.40. The number of carbonyl (C=O) groups is 1. The van der Waals surface area contributed by atoms with Crippen molar-refractivity contribution < 1.29 is 4.79 Å². The van der Waals surface area contributed by atoms with Gasteiger partial charge in [-0.25, -0.2) is 0 Å². The third-order valence-electron chi connectivity index (χ3n) is 6.69. The molecule has 0 heterocycles. The van der Waals surface area contributed by atoms with E-state index in [2.05, 4.69) is 31.1 Å². The van der Waals surface area contributed by atoms with Crippen LogP contribution in [0.25, 0.3) is 0 Å². The van der Waals surface area contributed by atoms with Gasteiger partial charge in [0.15, 0.2) is 0 Å². The third kappa shape index (κ3) is 25.7. The van der Waals surface area contributed by atoms with Crippen LogP contribution in [0.3, 0.4) is 0 Å². The van der Waals surface area contributed by atoms with E-state index in [9.17, 15) is 4.79 Å². The van der Waals surface area contributed by atoms with Crippen molar-refractivity contribution in [1.82, 2.24) is 10.2 Å². The molecule has 0 radical (unpaired) electrons. The van der Waals surface area contributed by atoms with Gasteiger partial charge in [0, 0.05) is 13.0 Å². The number of carbonyl (C=O) groups excluding carboxylic acids is 1. The second kappa shape index (κ2) is 26.7. The van der Waals surface area contributed by atoms with Crippen molar-refractivity contribution in [1.29, 1.82) is 0 Å². The van der Waals surface area contributed by atoms with Crippen LogP contribution in [0.1, 0.15) is 155 Å². The molecule has 0 saturated heterocycles. The van der Waals surface area contributed by atoms with Crippen LogP contribution in [0.2, 0.25) is 0 Å².